The van der Waals surface area contributed by atoms with Crippen molar-refractivity contribution in [2.24, 2.45) is 5.41 Å². The zero-order valence-corrected chi connectivity index (χ0v) is 32.5. The fraction of sp³-hybridized carbons (Fsp3) is 0.250. The average molecular weight is 691 g/mol. The summed E-state index contributed by atoms with van der Waals surface area (Å²) in [4.78, 5) is 0. The molecule has 50 heavy (non-hydrogen) atoms. The van der Waals surface area contributed by atoms with Gasteiger partial charge in [-0.1, -0.05) is 200 Å². The van der Waals surface area contributed by atoms with Crippen LogP contribution < -0.4 is 21.2 Å². The molecule has 6 aromatic rings. The summed E-state index contributed by atoms with van der Waals surface area (Å²) in [5.74, 6) is 0. The van der Waals surface area contributed by atoms with Gasteiger partial charge in [0.1, 0.15) is 0 Å². The number of benzene rings is 6. The molecule has 2 heteroatoms. The Hall–Kier alpha value is -3.82. The molecule has 0 aliphatic heterocycles. The summed E-state index contributed by atoms with van der Waals surface area (Å²) in [5, 5.41) is 5.83. The van der Waals surface area contributed by atoms with Crippen LogP contribution in [0.5, 0.6) is 0 Å². The number of aryl methyl sites for hydroxylation is 4. The van der Waals surface area contributed by atoms with E-state index in [0.717, 1.165) is 19.3 Å². The van der Waals surface area contributed by atoms with E-state index in [9.17, 15) is 0 Å². The molecule has 0 amide bonds. The van der Waals surface area contributed by atoms with Crippen molar-refractivity contribution in [2.45, 2.75) is 72.1 Å². The van der Waals surface area contributed by atoms with Crippen LogP contribution in [0.3, 0.4) is 0 Å². The standard InChI is InChI=1S/C48H52P2/c1-7-35-48(8-2,46(40-15-11-9-12-16-40)49(42-27-19-36(3)20-28-42)43-29-21-37(4)22-30-43)47(41-17-13-10-14-18-41)50(44-31-23-38(5)24-32-44)45-33-25-39(6)26-34-45/h9-34,46-47H,7-8,35H2,1-6H3. The summed E-state index contributed by atoms with van der Waals surface area (Å²) in [7, 11) is -1.61. The number of rotatable bonds is 13. The summed E-state index contributed by atoms with van der Waals surface area (Å²) >= 11 is 0. The minimum Gasteiger partial charge on any atom is -0.0654 e. The molecule has 0 fully saturated rings. The first-order valence-corrected chi connectivity index (χ1v) is 21.1. The van der Waals surface area contributed by atoms with Crippen LogP contribution >= 0.6 is 15.8 Å². The second kappa shape index (κ2) is 16.5. The smallest absolute Gasteiger partial charge is 0.0188 e. The molecule has 0 saturated carbocycles. The van der Waals surface area contributed by atoms with Gasteiger partial charge in [-0.15, -0.1) is 0 Å². The Kier molecular flexibility index (Phi) is 11.9. The average Bonchev–Trinajstić information content (AvgIpc) is 3.15. The van der Waals surface area contributed by atoms with E-state index in [1.165, 1.54) is 54.6 Å². The van der Waals surface area contributed by atoms with Crippen molar-refractivity contribution in [2.75, 3.05) is 0 Å². The largest absolute Gasteiger partial charge is 0.0654 e. The van der Waals surface area contributed by atoms with Crippen molar-refractivity contribution in [1.82, 2.24) is 0 Å². The highest BCUT2D eigenvalue weighted by atomic mass is 31.1. The van der Waals surface area contributed by atoms with Crippen LogP contribution in [-0.4, -0.2) is 0 Å². The zero-order valence-electron chi connectivity index (χ0n) is 30.7. The lowest BCUT2D eigenvalue weighted by Gasteiger charge is -2.52. The highest BCUT2D eigenvalue weighted by molar-refractivity contribution is 7.74. The minimum atomic E-state index is -0.806. The lowest BCUT2D eigenvalue weighted by atomic mass is 9.70. The van der Waals surface area contributed by atoms with Gasteiger partial charge < -0.3 is 0 Å². The summed E-state index contributed by atoms with van der Waals surface area (Å²) in [6.07, 6.45) is 3.33. The van der Waals surface area contributed by atoms with Crippen molar-refractivity contribution < 1.29 is 0 Å². The maximum Gasteiger partial charge on any atom is 0.0188 e. The predicted octanol–water partition coefficient (Wildman–Crippen LogP) is 12.2. The molecule has 0 nitrogen and oxygen atoms in total. The lowest BCUT2D eigenvalue weighted by Crippen LogP contribution is -2.39. The van der Waals surface area contributed by atoms with Crippen LogP contribution in [0.15, 0.2) is 158 Å². The lowest BCUT2D eigenvalue weighted by molar-refractivity contribution is 0.226. The number of hydrogen-bond donors (Lipinski definition) is 0. The van der Waals surface area contributed by atoms with E-state index >= 15 is 0 Å². The third-order valence-corrected chi connectivity index (χ3v) is 16.5. The van der Waals surface area contributed by atoms with Crippen LogP contribution in [0, 0.1) is 33.1 Å². The van der Waals surface area contributed by atoms with Gasteiger partial charge in [-0.3, -0.25) is 0 Å². The van der Waals surface area contributed by atoms with Gasteiger partial charge in [-0.05, 0) is 94.1 Å². The van der Waals surface area contributed by atoms with E-state index in [0.29, 0.717) is 0 Å². The molecule has 0 radical (unpaired) electrons. The van der Waals surface area contributed by atoms with Crippen LogP contribution in [0.25, 0.3) is 0 Å². The molecule has 6 aromatic carbocycles. The minimum absolute atomic E-state index is 0.0690. The van der Waals surface area contributed by atoms with E-state index in [2.05, 4.69) is 199 Å². The molecule has 2 unspecified atom stereocenters. The summed E-state index contributed by atoms with van der Waals surface area (Å²) in [5.41, 5.74) is 8.64. The Labute approximate surface area is 304 Å². The molecule has 0 aliphatic rings. The van der Waals surface area contributed by atoms with Crippen molar-refractivity contribution >= 4 is 37.1 Å². The van der Waals surface area contributed by atoms with Crippen molar-refractivity contribution in [3.05, 3.63) is 191 Å². The highest BCUT2D eigenvalue weighted by Gasteiger charge is 2.51. The van der Waals surface area contributed by atoms with Gasteiger partial charge in [0.15, 0.2) is 0 Å². The topological polar surface area (TPSA) is 0 Å². The molecule has 0 bridgehead atoms. The first-order chi connectivity index (χ1) is 24.3. The fourth-order valence-corrected chi connectivity index (χ4v) is 14.6. The molecule has 0 aromatic heterocycles. The molecule has 6 rings (SSSR count). The third kappa shape index (κ3) is 7.74. The van der Waals surface area contributed by atoms with E-state index in [-0.39, 0.29) is 16.7 Å². The first kappa shape index (κ1) is 36.0. The van der Waals surface area contributed by atoms with Crippen molar-refractivity contribution in [1.29, 1.82) is 0 Å². The van der Waals surface area contributed by atoms with E-state index < -0.39 is 15.8 Å². The predicted molar refractivity (Wildman–Crippen MR) is 223 cm³/mol. The summed E-state index contributed by atoms with van der Waals surface area (Å²) in [6.45, 7) is 13.7. The second-order valence-corrected chi connectivity index (χ2v) is 18.6. The molecular formula is C48H52P2. The van der Waals surface area contributed by atoms with E-state index in [1.54, 1.807) is 0 Å². The summed E-state index contributed by atoms with van der Waals surface area (Å²) in [6, 6.07) is 61.3. The Bertz CT molecular complexity index is 1680. The zero-order chi connectivity index (χ0) is 35.1. The van der Waals surface area contributed by atoms with Gasteiger partial charge >= 0.3 is 0 Å². The van der Waals surface area contributed by atoms with Gasteiger partial charge in [0.25, 0.3) is 0 Å². The van der Waals surface area contributed by atoms with Crippen LogP contribution in [0.2, 0.25) is 0 Å². The van der Waals surface area contributed by atoms with Crippen LogP contribution in [0.4, 0.5) is 0 Å². The summed E-state index contributed by atoms with van der Waals surface area (Å²) < 4.78 is 0. The molecular weight excluding hydrogens is 638 g/mol. The Morgan fingerprint density at radius 2 is 0.680 bits per heavy atom. The van der Waals surface area contributed by atoms with Gasteiger partial charge in [-0.2, -0.15) is 0 Å². The van der Waals surface area contributed by atoms with Gasteiger partial charge in [0.05, 0.1) is 0 Å². The maximum absolute atomic E-state index is 2.50. The Morgan fingerprint density at radius 1 is 0.400 bits per heavy atom. The molecule has 2 atom stereocenters. The SMILES string of the molecule is CCCC(CC)(C(c1ccccc1)P(c1ccc(C)cc1)c1ccc(C)cc1)C(c1ccccc1)P(c1ccc(C)cc1)c1ccc(C)cc1. The first-order valence-electron chi connectivity index (χ1n) is 18.3. The molecule has 0 spiro atoms. The maximum atomic E-state index is 2.50. The van der Waals surface area contributed by atoms with Gasteiger partial charge in [0, 0.05) is 11.3 Å². The van der Waals surface area contributed by atoms with Gasteiger partial charge in [0.2, 0.25) is 0 Å². The Balaban J connectivity index is 1.73. The monoisotopic (exact) mass is 690 g/mol. The van der Waals surface area contributed by atoms with E-state index in [1.807, 2.05) is 0 Å². The van der Waals surface area contributed by atoms with Gasteiger partial charge in [-0.25, -0.2) is 0 Å². The molecule has 0 heterocycles. The Morgan fingerprint density at radius 3 is 0.920 bits per heavy atom. The van der Waals surface area contributed by atoms with Crippen LogP contribution in [0.1, 0.15) is 77.8 Å². The normalized spacial score (nSPS) is 14.0. The quantitative estimate of drug-likeness (QED) is 0.106. The number of hydrogen-bond acceptors (Lipinski definition) is 0. The van der Waals surface area contributed by atoms with E-state index in [4.69, 9.17) is 0 Å². The molecule has 0 saturated heterocycles. The molecule has 0 N–H and O–H groups in total. The second-order valence-electron chi connectivity index (χ2n) is 14.0. The van der Waals surface area contributed by atoms with Crippen LogP contribution in [-0.2, 0) is 0 Å². The third-order valence-electron chi connectivity index (χ3n) is 10.5. The highest BCUT2D eigenvalue weighted by Crippen LogP contribution is 2.71. The van der Waals surface area contributed by atoms with Crippen molar-refractivity contribution in [3.63, 3.8) is 0 Å². The van der Waals surface area contributed by atoms with Crippen molar-refractivity contribution in [3.8, 4) is 0 Å². The molecule has 254 valence electrons. The fourth-order valence-electron chi connectivity index (χ4n) is 7.91. The molecule has 0 aliphatic carbocycles.